The molecule has 4 aliphatic carbocycles. The molecule has 5 aliphatic rings. The minimum atomic E-state index is -0.467. The van der Waals surface area contributed by atoms with Crippen LogP contribution in [0.5, 0.6) is 0 Å². The Morgan fingerprint density at radius 1 is 0.816 bits per heavy atom. The fourth-order valence-corrected chi connectivity index (χ4v) is 8.59. The lowest BCUT2D eigenvalue weighted by atomic mass is 9.72. The van der Waals surface area contributed by atoms with Gasteiger partial charge in [-0.05, 0) is 85.5 Å². The van der Waals surface area contributed by atoms with Crippen molar-refractivity contribution in [1.29, 1.82) is 10.7 Å². The maximum Gasteiger partial charge on any atom is 0.212 e. The van der Waals surface area contributed by atoms with Crippen molar-refractivity contribution in [1.82, 2.24) is 20.6 Å². The molecule has 1 saturated heterocycles. The Morgan fingerprint density at radius 3 is 1.95 bits per heavy atom. The molecule has 9 heteroatoms. The lowest BCUT2D eigenvalue weighted by Crippen LogP contribution is -2.67. The second kappa shape index (κ2) is 9.28. The van der Waals surface area contributed by atoms with Crippen molar-refractivity contribution in [3.8, 4) is 6.19 Å². The van der Waals surface area contributed by atoms with Gasteiger partial charge in [-0.3, -0.25) is 0 Å². The zero-order chi connectivity index (χ0) is 26.0. The van der Waals surface area contributed by atoms with Crippen LogP contribution in [-0.4, -0.2) is 45.6 Å². The molecule has 0 spiro atoms. The third kappa shape index (κ3) is 3.80. The van der Waals surface area contributed by atoms with Crippen LogP contribution >= 0.6 is 0 Å². The van der Waals surface area contributed by atoms with Gasteiger partial charge < -0.3 is 16.0 Å². The van der Waals surface area contributed by atoms with E-state index < -0.39 is 11.9 Å². The zero-order valence-corrected chi connectivity index (χ0v) is 21.0. The number of nitriles is 1. The van der Waals surface area contributed by atoms with Gasteiger partial charge in [0, 0.05) is 42.0 Å². The fraction of sp³-hybridized carbons (Fsp3) is 0.552. The maximum absolute atomic E-state index is 13.4. The summed E-state index contributed by atoms with van der Waals surface area (Å²) in [6.07, 6.45) is 11.1. The van der Waals surface area contributed by atoms with Crippen molar-refractivity contribution in [2.24, 2.45) is 28.7 Å². The fourth-order valence-electron chi connectivity index (χ4n) is 8.59. The highest BCUT2D eigenvalue weighted by molar-refractivity contribution is 5.98. The summed E-state index contributed by atoms with van der Waals surface area (Å²) in [5, 5.41) is 26.6. The molecule has 4 saturated carbocycles. The lowest BCUT2D eigenvalue weighted by Gasteiger charge is -2.42. The molecule has 1 aliphatic heterocycles. The average Bonchev–Trinajstić information content (AvgIpc) is 3.39. The van der Waals surface area contributed by atoms with Gasteiger partial charge in [-0.1, -0.05) is 12.1 Å². The van der Waals surface area contributed by atoms with Crippen LogP contribution in [0.25, 0.3) is 0 Å². The van der Waals surface area contributed by atoms with Crippen molar-refractivity contribution in [2.45, 2.75) is 74.5 Å². The number of pyridine rings is 2. The molecule has 0 aromatic carbocycles. The van der Waals surface area contributed by atoms with Gasteiger partial charge in [0.1, 0.15) is 0 Å². The highest BCUT2D eigenvalue weighted by atomic mass is 19.1. The van der Waals surface area contributed by atoms with Gasteiger partial charge in [0.15, 0.2) is 0 Å². The number of hydrogen-bond acceptors (Lipinski definition) is 7. The minimum Gasteiger partial charge on any atom is -0.308 e. The first-order valence-corrected chi connectivity index (χ1v) is 13.8. The van der Waals surface area contributed by atoms with E-state index in [4.69, 9.17) is 5.41 Å². The van der Waals surface area contributed by atoms with E-state index in [-0.39, 0.29) is 41.9 Å². The second-order valence-corrected chi connectivity index (χ2v) is 11.8. The van der Waals surface area contributed by atoms with Gasteiger partial charge in [0.05, 0.1) is 17.8 Å². The number of piperazine rings is 1. The molecule has 0 radical (unpaired) electrons. The van der Waals surface area contributed by atoms with Crippen molar-refractivity contribution < 1.29 is 8.78 Å². The van der Waals surface area contributed by atoms with Gasteiger partial charge >= 0.3 is 0 Å². The van der Waals surface area contributed by atoms with Crippen LogP contribution in [-0.2, 0) is 0 Å². The van der Waals surface area contributed by atoms with Crippen molar-refractivity contribution in [2.75, 3.05) is 0 Å². The van der Waals surface area contributed by atoms with E-state index in [1.54, 1.807) is 12.4 Å². The molecule has 3 heterocycles. The van der Waals surface area contributed by atoms with E-state index in [1.807, 2.05) is 12.1 Å². The molecule has 2 aromatic rings. The van der Waals surface area contributed by atoms with E-state index in [2.05, 4.69) is 31.8 Å². The van der Waals surface area contributed by atoms with Gasteiger partial charge in [-0.2, -0.15) is 19.0 Å². The summed E-state index contributed by atoms with van der Waals surface area (Å²) in [6.45, 7) is 0. The molecule has 3 N–H and O–H groups in total. The first-order chi connectivity index (χ1) is 18.5. The molecule has 196 valence electrons. The van der Waals surface area contributed by atoms with Crippen molar-refractivity contribution in [3.05, 3.63) is 59.7 Å². The highest BCUT2D eigenvalue weighted by Gasteiger charge is 2.59. The predicted octanol–water partition coefficient (Wildman–Crippen LogP) is 4.09. The second-order valence-electron chi connectivity index (χ2n) is 11.8. The topological polar surface area (TPSA) is 110 Å². The summed E-state index contributed by atoms with van der Waals surface area (Å²) in [6, 6.07) is 6.77. The van der Waals surface area contributed by atoms with Crippen LogP contribution in [0, 0.1) is 52.4 Å². The molecule has 10 unspecified atom stereocenters. The molecule has 7 nitrogen and oxygen atoms in total. The van der Waals surface area contributed by atoms with Crippen LogP contribution in [0.1, 0.15) is 61.5 Å². The molecule has 38 heavy (non-hydrogen) atoms. The monoisotopic (exact) mass is 515 g/mol. The molecular formula is C29H31F2N7. The minimum absolute atomic E-state index is 0.0124. The van der Waals surface area contributed by atoms with Crippen LogP contribution < -0.4 is 10.6 Å². The zero-order valence-electron chi connectivity index (χ0n) is 21.0. The highest BCUT2D eigenvalue weighted by Crippen LogP contribution is 2.51. The van der Waals surface area contributed by atoms with Gasteiger partial charge in [0.25, 0.3) is 0 Å². The molecular weight excluding hydrogens is 484 g/mol. The number of fused-ring (bicyclic) bond motifs is 6. The average molecular weight is 516 g/mol. The summed E-state index contributed by atoms with van der Waals surface area (Å²) >= 11 is 0. The SMILES string of the molecule is N#CN=C1C2CC(c3ccc(F)nc3)CCC2C2NC3C(=N)C4CC(c5ccc(F)nc5)CCC4C3NC12. The largest absolute Gasteiger partial charge is 0.308 e. The Hall–Kier alpha value is -3.09. The Kier molecular flexibility index (Phi) is 5.86. The molecule has 10 atom stereocenters. The summed E-state index contributed by atoms with van der Waals surface area (Å²) in [4.78, 5) is 12.1. The first kappa shape index (κ1) is 24.0. The summed E-state index contributed by atoms with van der Waals surface area (Å²) in [7, 11) is 0. The van der Waals surface area contributed by atoms with Gasteiger partial charge in [-0.25, -0.2) is 9.97 Å². The van der Waals surface area contributed by atoms with E-state index in [9.17, 15) is 14.0 Å². The van der Waals surface area contributed by atoms with E-state index in [1.165, 1.54) is 12.1 Å². The Bertz CT molecular complexity index is 1300. The summed E-state index contributed by atoms with van der Waals surface area (Å²) in [5.74, 6) is 0.699. The molecule has 0 bridgehead atoms. The number of aromatic nitrogens is 2. The normalized spacial score (nSPS) is 40.7. The molecule has 2 aromatic heterocycles. The Balaban J connectivity index is 1.12. The number of hydrogen-bond donors (Lipinski definition) is 3. The number of nitrogens with one attached hydrogen (secondary N) is 3. The third-order valence-corrected chi connectivity index (χ3v) is 10.2. The van der Waals surface area contributed by atoms with Gasteiger partial charge in [0.2, 0.25) is 18.1 Å². The predicted molar refractivity (Wildman–Crippen MR) is 138 cm³/mol. The molecule has 5 fully saturated rings. The van der Waals surface area contributed by atoms with Crippen LogP contribution in [0.4, 0.5) is 8.78 Å². The van der Waals surface area contributed by atoms with Crippen LogP contribution in [0.3, 0.4) is 0 Å². The lowest BCUT2D eigenvalue weighted by molar-refractivity contribution is 0.162. The smallest absolute Gasteiger partial charge is 0.212 e. The van der Waals surface area contributed by atoms with Crippen molar-refractivity contribution >= 4 is 11.4 Å². The first-order valence-electron chi connectivity index (χ1n) is 13.8. The molecule has 7 rings (SSSR count). The summed E-state index contributed by atoms with van der Waals surface area (Å²) in [5.41, 5.74) is 3.82. The third-order valence-electron chi connectivity index (χ3n) is 10.2. The Labute approximate surface area is 220 Å². The van der Waals surface area contributed by atoms with E-state index in [0.29, 0.717) is 17.8 Å². The standard InChI is InChI=1S/C29H31F2N7/c30-22-7-3-16(11-34-22)14-1-5-18-20(9-14)24(33)28-26(18)38-29-25(36-13-32)21-10-15(2-6-19(21)27(29)37-28)17-4-8-23(31)35-12-17/h3-4,7-8,11-12,14-15,18-21,26-29,33,37-38H,1-2,5-6,9-10H2. The van der Waals surface area contributed by atoms with Crippen molar-refractivity contribution in [3.63, 3.8) is 0 Å². The Morgan fingerprint density at radius 2 is 1.37 bits per heavy atom. The van der Waals surface area contributed by atoms with Gasteiger partial charge in [-0.15, -0.1) is 0 Å². The van der Waals surface area contributed by atoms with E-state index >= 15 is 0 Å². The molecule has 0 amide bonds. The summed E-state index contributed by atoms with van der Waals surface area (Å²) < 4.78 is 26.8. The van der Waals surface area contributed by atoms with E-state index in [0.717, 1.165) is 61.1 Å². The number of rotatable bonds is 2. The van der Waals surface area contributed by atoms with Crippen LogP contribution in [0.15, 0.2) is 41.7 Å². The van der Waals surface area contributed by atoms with Crippen LogP contribution in [0.2, 0.25) is 0 Å². The number of nitrogens with zero attached hydrogens (tertiary/aromatic N) is 4. The number of aliphatic imine (C=N–C) groups is 1. The quantitative estimate of drug-likeness (QED) is 0.412. The maximum atomic E-state index is 13.4. The number of halogens is 2.